The second kappa shape index (κ2) is 4.82. The SMILES string of the molecule is COCC(O)(Cc1cncc(Br)c1)C1CC1. The number of pyridine rings is 1. The molecule has 88 valence electrons. The maximum Gasteiger partial charge on any atom is 0.0948 e. The zero-order chi connectivity index (χ0) is 11.6. The molecular weight excluding hydrogens is 270 g/mol. The van der Waals surface area contributed by atoms with Gasteiger partial charge in [-0.15, -0.1) is 0 Å². The van der Waals surface area contributed by atoms with Crippen molar-refractivity contribution in [2.24, 2.45) is 5.92 Å². The van der Waals surface area contributed by atoms with Gasteiger partial charge >= 0.3 is 0 Å². The van der Waals surface area contributed by atoms with Crippen molar-refractivity contribution in [1.29, 1.82) is 0 Å². The largest absolute Gasteiger partial charge is 0.387 e. The number of ether oxygens (including phenoxy) is 1. The van der Waals surface area contributed by atoms with E-state index in [2.05, 4.69) is 20.9 Å². The molecule has 0 bridgehead atoms. The van der Waals surface area contributed by atoms with Crippen LogP contribution in [0, 0.1) is 5.92 Å². The molecule has 1 saturated carbocycles. The van der Waals surface area contributed by atoms with E-state index in [1.54, 1.807) is 19.5 Å². The third-order valence-electron chi connectivity index (χ3n) is 3.00. The van der Waals surface area contributed by atoms with E-state index in [0.29, 0.717) is 18.9 Å². The third kappa shape index (κ3) is 2.81. The number of methoxy groups -OCH3 is 1. The molecule has 0 radical (unpaired) electrons. The molecule has 1 aliphatic carbocycles. The van der Waals surface area contributed by atoms with E-state index >= 15 is 0 Å². The minimum atomic E-state index is -0.725. The van der Waals surface area contributed by atoms with Gasteiger partial charge in [0.15, 0.2) is 0 Å². The van der Waals surface area contributed by atoms with Crippen molar-refractivity contribution >= 4 is 15.9 Å². The first kappa shape index (κ1) is 12.0. The fourth-order valence-electron chi connectivity index (χ4n) is 2.09. The number of nitrogens with zero attached hydrogens (tertiary/aromatic N) is 1. The Morgan fingerprint density at radius 2 is 2.31 bits per heavy atom. The van der Waals surface area contributed by atoms with Gasteiger partial charge in [-0.3, -0.25) is 4.98 Å². The quantitative estimate of drug-likeness (QED) is 0.902. The summed E-state index contributed by atoms with van der Waals surface area (Å²) in [6.45, 7) is 0.393. The Morgan fingerprint density at radius 1 is 1.56 bits per heavy atom. The second-order valence-electron chi connectivity index (χ2n) is 4.50. The first-order valence-corrected chi connectivity index (χ1v) is 6.24. The van der Waals surface area contributed by atoms with E-state index in [4.69, 9.17) is 4.74 Å². The fourth-order valence-corrected chi connectivity index (χ4v) is 2.50. The second-order valence-corrected chi connectivity index (χ2v) is 5.41. The third-order valence-corrected chi connectivity index (χ3v) is 3.44. The van der Waals surface area contributed by atoms with Crippen LogP contribution in [0.3, 0.4) is 0 Å². The van der Waals surface area contributed by atoms with Crippen molar-refractivity contribution in [1.82, 2.24) is 4.98 Å². The highest BCUT2D eigenvalue weighted by atomic mass is 79.9. The normalized spacial score (nSPS) is 19.4. The molecule has 1 aromatic heterocycles. The number of aromatic nitrogens is 1. The van der Waals surface area contributed by atoms with E-state index in [1.807, 2.05) is 6.07 Å². The maximum absolute atomic E-state index is 10.5. The van der Waals surface area contributed by atoms with Crippen LogP contribution in [0.25, 0.3) is 0 Å². The summed E-state index contributed by atoms with van der Waals surface area (Å²) in [5.41, 5.74) is 0.317. The molecule has 1 heterocycles. The minimum Gasteiger partial charge on any atom is -0.387 e. The Balaban J connectivity index is 2.10. The van der Waals surface area contributed by atoms with Gasteiger partial charge in [-0.2, -0.15) is 0 Å². The van der Waals surface area contributed by atoms with Gasteiger partial charge in [-0.1, -0.05) is 0 Å². The van der Waals surface area contributed by atoms with Crippen molar-refractivity contribution < 1.29 is 9.84 Å². The van der Waals surface area contributed by atoms with Crippen molar-refractivity contribution in [2.45, 2.75) is 24.9 Å². The highest BCUT2D eigenvalue weighted by Crippen LogP contribution is 2.41. The lowest BCUT2D eigenvalue weighted by molar-refractivity contribution is -0.0474. The van der Waals surface area contributed by atoms with E-state index in [9.17, 15) is 5.11 Å². The zero-order valence-electron chi connectivity index (χ0n) is 9.32. The highest BCUT2D eigenvalue weighted by molar-refractivity contribution is 9.10. The number of halogens is 1. The zero-order valence-corrected chi connectivity index (χ0v) is 10.9. The number of rotatable bonds is 5. The molecule has 2 rings (SSSR count). The van der Waals surface area contributed by atoms with Crippen LogP contribution >= 0.6 is 15.9 Å². The summed E-state index contributed by atoms with van der Waals surface area (Å²) < 4.78 is 6.07. The van der Waals surface area contributed by atoms with Gasteiger partial charge in [-0.05, 0) is 46.3 Å². The summed E-state index contributed by atoms with van der Waals surface area (Å²) in [5, 5.41) is 10.5. The Kier molecular flexibility index (Phi) is 3.62. The van der Waals surface area contributed by atoms with E-state index in [-0.39, 0.29) is 0 Å². The fraction of sp³-hybridized carbons (Fsp3) is 0.583. The number of hydrogen-bond acceptors (Lipinski definition) is 3. The lowest BCUT2D eigenvalue weighted by atomic mass is 9.91. The average Bonchev–Trinajstić information content (AvgIpc) is 3.00. The van der Waals surface area contributed by atoms with Crippen LogP contribution in [-0.4, -0.2) is 29.4 Å². The summed E-state index contributed by atoms with van der Waals surface area (Å²) in [7, 11) is 1.63. The Labute approximate surface area is 104 Å². The molecule has 0 aromatic carbocycles. The van der Waals surface area contributed by atoms with Crippen LogP contribution < -0.4 is 0 Å². The molecule has 0 saturated heterocycles. The molecule has 1 N–H and O–H groups in total. The van der Waals surface area contributed by atoms with Crippen LogP contribution in [-0.2, 0) is 11.2 Å². The van der Waals surface area contributed by atoms with Gasteiger partial charge in [0.25, 0.3) is 0 Å². The van der Waals surface area contributed by atoms with Crippen molar-refractivity contribution in [3.05, 3.63) is 28.5 Å². The van der Waals surface area contributed by atoms with Crippen LogP contribution in [0.5, 0.6) is 0 Å². The van der Waals surface area contributed by atoms with E-state index in [0.717, 1.165) is 22.9 Å². The Bertz CT molecular complexity index is 368. The predicted octanol–water partition coefficient (Wildman–Crippen LogP) is 2.17. The molecule has 3 nitrogen and oxygen atoms in total. The molecule has 1 atom stereocenters. The van der Waals surface area contributed by atoms with Crippen molar-refractivity contribution in [2.75, 3.05) is 13.7 Å². The van der Waals surface area contributed by atoms with Gasteiger partial charge < -0.3 is 9.84 Å². The summed E-state index contributed by atoms with van der Waals surface area (Å²) in [4.78, 5) is 4.11. The Hall–Kier alpha value is -0.450. The van der Waals surface area contributed by atoms with Crippen LogP contribution in [0.2, 0.25) is 0 Å². The summed E-state index contributed by atoms with van der Waals surface area (Å²) >= 11 is 3.39. The number of aliphatic hydroxyl groups is 1. The summed E-state index contributed by atoms with van der Waals surface area (Å²) in [6, 6.07) is 2.00. The van der Waals surface area contributed by atoms with Crippen molar-refractivity contribution in [3.8, 4) is 0 Å². The van der Waals surface area contributed by atoms with Gasteiger partial charge in [0, 0.05) is 30.4 Å². The van der Waals surface area contributed by atoms with E-state index in [1.165, 1.54) is 0 Å². The monoisotopic (exact) mass is 285 g/mol. The average molecular weight is 286 g/mol. The molecule has 4 heteroatoms. The topological polar surface area (TPSA) is 42.4 Å². The molecule has 1 aromatic rings. The highest BCUT2D eigenvalue weighted by Gasteiger charge is 2.43. The van der Waals surface area contributed by atoms with Crippen LogP contribution in [0.4, 0.5) is 0 Å². The van der Waals surface area contributed by atoms with Crippen LogP contribution in [0.15, 0.2) is 22.9 Å². The molecular formula is C12H16BrNO2. The van der Waals surface area contributed by atoms with Crippen LogP contribution in [0.1, 0.15) is 18.4 Å². The van der Waals surface area contributed by atoms with Gasteiger partial charge in [-0.25, -0.2) is 0 Å². The first-order valence-electron chi connectivity index (χ1n) is 5.45. The molecule has 1 aliphatic rings. The molecule has 0 aliphatic heterocycles. The smallest absolute Gasteiger partial charge is 0.0948 e. The number of hydrogen-bond donors (Lipinski definition) is 1. The van der Waals surface area contributed by atoms with Gasteiger partial charge in [0.1, 0.15) is 0 Å². The van der Waals surface area contributed by atoms with E-state index < -0.39 is 5.60 Å². The maximum atomic E-state index is 10.5. The minimum absolute atomic E-state index is 0.381. The standard InChI is InChI=1S/C12H16BrNO2/c1-16-8-12(15,10-2-3-10)5-9-4-11(13)7-14-6-9/h4,6-7,10,15H,2-3,5,8H2,1H3. The predicted molar refractivity (Wildman–Crippen MR) is 65.2 cm³/mol. The first-order chi connectivity index (χ1) is 7.64. The van der Waals surface area contributed by atoms with Gasteiger partial charge in [0.2, 0.25) is 0 Å². The molecule has 0 spiro atoms. The summed E-state index contributed by atoms with van der Waals surface area (Å²) in [6.07, 6.45) is 6.35. The lowest BCUT2D eigenvalue weighted by Crippen LogP contribution is -2.39. The lowest BCUT2D eigenvalue weighted by Gasteiger charge is -2.27. The Morgan fingerprint density at radius 3 is 2.88 bits per heavy atom. The van der Waals surface area contributed by atoms with Gasteiger partial charge in [0.05, 0.1) is 12.2 Å². The molecule has 1 fully saturated rings. The molecule has 0 amide bonds. The van der Waals surface area contributed by atoms with Crippen molar-refractivity contribution in [3.63, 3.8) is 0 Å². The molecule has 1 unspecified atom stereocenters. The summed E-state index contributed by atoms with van der Waals surface area (Å²) in [5.74, 6) is 0.381. The molecule has 16 heavy (non-hydrogen) atoms.